The molecule has 3 heterocycles. The Balaban J connectivity index is 1.33. The highest BCUT2D eigenvalue weighted by Crippen LogP contribution is 2.25. The first-order valence-electron chi connectivity index (χ1n) is 11.5. The number of carbonyl (C=O) groups is 1. The van der Waals surface area contributed by atoms with Gasteiger partial charge in [-0.05, 0) is 37.0 Å². The summed E-state index contributed by atoms with van der Waals surface area (Å²) in [5, 5.41) is 0. The van der Waals surface area contributed by atoms with E-state index < -0.39 is 0 Å². The third kappa shape index (κ3) is 5.08. The zero-order valence-electron chi connectivity index (χ0n) is 19.0. The fourth-order valence-corrected chi connectivity index (χ4v) is 4.34. The van der Waals surface area contributed by atoms with Crippen molar-refractivity contribution in [3.05, 3.63) is 46.6 Å². The average molecular weight is 452 g/mol. The first kappa shape index (κ1) is 21.6. The maximum absolute atomic E-state index is 11.6. The van der Waals surface area contributed by atoms with Crippen molar-refractivity contribution in [3.63, 3.8) is 0 Å². The van der Waals surface area contributed by atoms with Crippen LogP contribution in [0.15, 0.2) is 29.3 Å². The lowest BCUT2D eigenvalue weighted by Gasteiger charge is -2.28. The summed E-state index contributed by atoms with van der Waals surface area (Å²) in [6, 6.07) is 8.89. The third-order valence-corrected chi connectivity index (χ3v) is 6.16. The number of aromatic nitrogens is 2. The summed E-state index contributed by atoms with van der Waals surface area (Å²) in [4.78, 5) is 29.6. The van der Waals surface area contributed by atoms with E-state index in [1.54, 1.807) is 4.90 Å². The number of ether oxygens (including phenoxy) is 3. The van der Waals surface area contributed by atoms with Gasteiger partial charge in [0.2, 0.25) is 0 Å². The van der Waals surface area contributed by atoms with Gasteiger partial charge in [-0.2, -0.15) is 9.97 Å². The molecule has 0 bridgehead atoms. The summed E-state index contributed by atoms with van der Waals surface area (Å²) >= 11 is 0. The number of hydrogen-bond acceptors (Lipinski definition) is 8. The van der Waals surface area contributed by atoms with E-state index in [1.807, 2.05) is 6.07 Å². The SMILES string of the molecule is Cc1ccc2c(c1)C(=NCc1cc(N3CCOCC3)nc(OCCN3CCOC3=O)n1)CC2. The van der Waals surface area contributed by atoms with Gasteiger partial charge in [0.1, 0.15) is 19.0 Å². The number of anilines is 1. The monoisotopic (exact) mass is 451 g/mol. The number of nitrogens with zero attached hydrogens (tertiary/aromatic N) is 5. The highest BCUT2D eigenvalue weighted by atomic mass is 16.6. The Morgan fingerprint density at radius 1 is 1.09 bits per heavy atom. The normalized spacial score (nSPS) is 19.2. The zero-order chi connectivity index (χ0) is 22.6. The standard InChI is InChI=1S/C24H29N5O4/c1-17-2-3-18-4-5-21(20(18)14-17)25-16-19-15-22(28-6-10-31-11-7-28)27-23(26-19)32-12-8-29-9-13-33-24(29)30/h2-3,14-15H,4-13,16H2,1H3. The van der Waals surface area contributed by atoms with Gasteiger partial charge in [0.15, 0.2) is 0 Å². The van der Waals surface area contributed by atoms with E-state index in [4.69, 9.17) is 19.2 Å². The number of hydrogen-bond donors (Lipinski definition) is 0. The van der Waals surface area contributed by atoms with E-state index in [9.17, 15) is 4.79 Å². The fourth-order valence-electron chi connectivity index (χ4n) is 4.34. The molecule has 33 heavy (non-hydrogen) atoms. The number of aliphatic imine (C=N–C) groups is 1. The minimum absolute atomic E-state index is 0.301. The molecule has 9 heteroatoms. The van der Waals surface area contributed by atoms with Gasteiger partial charge in [0.05, 0.1) is 38.5 Å². The van der Waals surface area contributed by atoms with Crippen LogP contribution in [0.5, 0.6) is 6.01 Å². The maximum Gasteiger partial charge on any atom is 0.410 e. The topological polar surface area (TPSA) is 89.4 Å². The summed E-state index contributed by atoms with van der Waals surface area (Å²) in [6.07, 6.45) is 1.69. The van der Waals surface area contributed by atoms with E-state index in [1.165, 1.54) is 16.7 Å². The molecule has 1 amide bonds. The molecule has 5 rings (SSSR count). The number of aryl methyl sites for hydroxylation is 2. The second-order valence-electron chi connectivity index (χ2n) is 8.47. The lowest BCUT2D eigenvalue weighted by atomic mass is 10.1. The minimum atomic E-state index is -0.301. The van der Waals surface area contributed by atoms with Crippen LogP contribution in [0.1, 0.15) is 28.8 Å². The minimum Gasteiger partial charge on any atom is -0.462 e. The Hall–Kier alpha value is -3.20. The van der Waals surface area contributed by atoms with Crippen LogP contribution in [0.4, 0.5) is 10.6 Å². The molecule has 0 saturated carbocycles. The molecule has 174 valence electrons. The van der Waals surface area contributed by atoms with Crippen LogP contribution in [0.25, 0.3) is 0 Å². The van der Waals surface area contributed by atoms with Crippen LogP contribution in [-0.2, 0) is 22.4 Å². The Morgan fingerprint density at radius 2 is 1.97 bits per heavy atom. The summed E-state index contributed by atoms with van der Waals surface area (Å²) in [5.41, 5.74) is 5.82. The molecule has 9 nitrogen and oxygen atoms in total. The molecule has 2 saturated heterocycles. The summed E-state index contributed by atoms with van der Waals surface area (Å²) in [7, 11) is 0. The van der Waals surface area contributed by atoms with Crippen molar-refractivity contribution < 1.29 is 19.0 Å². The van der Waals surface area contributed by atoms with Crippen LogP contribution >= 0.6 is 0 Å². The number of cyclic esters (lactones) is 1. The molecule has 2 aromatic rings. The molecule has 1 aromatic carbocycles. The van der Waals surface area contributed by atoms with E-state index in [2.05, 4.69) is 40.0 Å². The van der Waals surface area contributed by atoms with Crippen molar-refractivity contribution in [3.8, 4) is 6.01 Å². The fraction of sp³-hybridized carbons (Fsp3) is 0.500. The second-order valence-corrected chi connectivity index (χ2v) is 8.47. The Kier molecular flexibility index (Phi) is 6.39. The number of carbonyl (C=O) groups excluding carboxylic acids is 1. The average Bonchev–Trinajstić information content (AvgIpc) is 3.43. The number of fused-ring (bicyclic) bond motifs is 1. The molecule has 0 spiro atoms. The number of amides is 1. The molecular weight excluding hydrogens is 422 g/mol. The van der Waals surface area contributed by atoms with E-state index >= 15 is 0 Å². The molecule has 0 N–H and O–H groups in total. The van der Waals surface area contributed by atoms with Crippen LogP contribution in [0, 0.1) is 6.92 Å². The van der Waals surface area contributed by atoms with Crippen LogP contribution in [-0.4, -0.2) is 79.3 Å². The number of rotatable bonds is 7. The van der Waals surface area contributed by atoms with E-state index in [0.717, 1.165) is 43.2 Å². The van der Waals surface area contributed by atoms with Crippen molar-refractivity contribution >= 4 is 17.6 Å². The van der Waals surface area contributed by atoms with E-state index in [-0.39, 0.29) is 6.09 Å². The molecule has 0 unspecified atom stereocenters. The van der Waals surface area contributed by atoms with Crippen LogP contribution in [0.2, 0.25) is 0 Å². The molecule has 2 aliphatic heterocycles. The quantitative estimate of drug-likeness (QED) is 0.639. The van der Waals surface area contributed by atoms with Gasteiger partial charge in [-0.25, -0.2) is 4.79 Å². The number of benzene rings is 1. The molecule has 3 aliphatic rings. The predicted octanol–water partition coefficient (Wildman–Crippen LogP) is 2.39. The van der Waals surface area contributed by atoms with Crippen molar-refractivity contribution in [2.75, 3.05) is 57.5 Å². The molecule has 1 aromatic heterocycles. The van der Waals surface area contributed by atoms with Gasteiger partial charge in [0, 0.05) is 24.9 Å². The van der Waals surface area contributed by atoms with Crippen LogP contribution in [0.3, 0.4) is 0 Å². The second kappa shape index (κ2) is 9.74. The molecule has 2 fully saturated rings. The van der Waals surface area contributed by atoms with Crippen molar-refractivity contribution in [2.24, 2.45) is 4.99 Å². The van der Waals surface area contributed by atoms with Gasteiger partial charge >= 0.3 is 12.1 Å². The zero-order valence-corrected chi connectivity index (χ0v) is 19.0. The van der Waals surface area contributed by atoms with Gasteiger partial charge in [-0.3, -0.25) is 4.99 Å². The summed E-state index contributed by atoms with van der Waals surface area (Å²) < 4.78 is 16.3. The van der Waals surface area contributed by atoms with Crippen molar-refractivity contribution in [2.45, 2.75) is 26.3 Å². The van der Waals surface area contributed by atoms with E-state index in [0.29, 0.717) is 52.1 Å². The lowest BCUT2D eigenvalue weighted by Crippen LogP contribution is -2.37. The highest BCUT2D eigenvalue weighted by molar-refractivity contribution is 6.04. The summed E-state index contributed by atoms with van der Waals surface area (Å²) in [5.74, 6) is 0.821. The number of morpholine rings is 1. The molecule has 1 aliphatic carbocycles. The van der Waals surface area contributed by atoms with Gasteiger partial charge in [0.25, 0.3) is 0 Å². The maximum atomic E-state index is 11.6. The Labute approximate surface area is 193 Å². The van der Waals surface area contributed by atoms with Crippen molar-refractivity contribution in [1.82, 2.24) is 14.9 Å². The Bertz CT molecular complexity index is 1050. The molecule has 0 radical (unpaired) electrons. The van der Waals surface area contributed by atoms with Gasteiger partial charge in [-0.15, -0.1) is 0 Å². The molecule has 0 atom stereocenters. The highest BCUT2D eigenvalue weighted by Gasteiger charge is 2.22. The largest absolute Gasteiger partial charge is 0.462 e. The smallest absolute Gasteiger partial charge is 0.410 e. The summed E-state index contributed by atoms with van der Waals surface area (Å²) in [6.45, 7) is 7.23. The Morgan fingerprint density at radius 3 is 2.79 bits per heavy atom. The first-order valence-corrected chi connectivity index (χ1v) is 11.5. The third-order valence-electron chi connectivity index (χ3n) is 6.16. The van der Waals surface area contributed by atoms with Crippen molar-refractivity contribution in [1.29, 1.82) is 0 Å². The lowest BCUT2D eigenvalue weighted by molar-refractivity contribution is 0.122. The predicted molar refractivity (Wildman–Crippen MR) is 123 cm³/mol. The van der Waals surface area contributed by atoms with Crippen LogP contribution < -0.4 is 9.64 Å². The molecular formula is C24H29N5O4. The first-order chi connectivity index (χ1) is 16.2. The van der Waals surface area contributed by atoms with Gasteiger partial charge in [-0.1, -0.05) is 17.7 Å². The van der Waals surface area contributed by atoms with Gasteiger partial charge < -0.3 is 24.0 Å².